The van der Waals surface area contributed by atoms with Crippen LogP contribution < -0.4 is 16.0 Å². The molecule has 4 amide bonds. The number of likely N-dealkylation sites (N-methyl/N-ethyl adjacent to an activating group) is 2. The van der Waals surface area contributed by atoms with Crippen molar-refractivity contribution < 1.29 is 38.2 Å². The van der Waals surface area contributed by atoms with E-state index >= 15 is 0 Å². The van der Waals surface area contributed by atoms with Crippen molar-refractivity contribution in [2.75, 3.05) is 60.9 Å². The van der Waals surface area contributed by atoms with Crippen LogP contribution in [0.2, 0.25) is 0 Å². The molecule has 9 atom stereocenters. The summed E-state index contributed by atoms with van der Waals surface area (Å²) in [5.74, 6) is -2.55. The van der Waals surface area contributed by atoms with Crippen molar-refractivity contribution >= 4 is 35.3 Å². The van der Waals surface area contributed by atoms with Crippen LogP contribution in [0, 0.1) is 23.7 Å². The fourth-order valence-corrected chi connectivity index (χ4v) is 9.06. The Morgan fingerprint density at radius 3 is 2.02 bits per heavy atom. The summed E-state index contributed by atoms with van der Waals surface area (Å²) in [4.78, 5) is 75.1. The highest BCUT2D eigenvalue weighted by molar-refractivity contribution is 5.90. The second-order valence-corrected chi connectivity index (χ2v) is 18.0. The Bertz CT molecular complexity index is 1740. The molecule has 352 valence electrons. The first-order valence-electron chi connectivity index (χ1n) is 22.7. The number of esters is 1. The van der Waals surface area contributed by atoms with Crippen molar-refractivity contribution in [3.05, 3.63) is 65.7 Å². The maximum atomic E-state index is 14.6. The number of methoxy groups -OCH3 is 3. The van der Waals surface area contributed by atoms with Gasteiger partial charge in [-0.2, -0.15) is 0 Å². The topological polar surface area (TPSA) is 159 Å². The third-order valence-corrected chi connectivity index (χ3v) is 12.9. The minimum Gasteiger partial charge on any atom is -0.467 e. The lowest BCUT2D eigenvalue weighted by molar-refractivity contribution is -0.149. The number of anilines is 1. The average molecular weight is 879 g/mol. The maximum Gasteiger partial charge on any atom is 0.328 e. The molecular weight excluding hydrogens is 801 g/mol. The number of amides is 4. The van der Waals surface area contributed by atoms with E-state index < -0.39 is 54.3 Å². The van der Waals surface area contributed by atoms with Crippen LogP contribution in [0.25, 0.3) is 0 Å². The Hall–Kier alpha value is -4.53. The summed E-state index contributed by atoms with van der Waals surface area (Å²) < 4.78 is 17.1. The molecule has 1 aliphatic rings. The van der Waals surface area contributed by atoms with Gasteiger partial charge in [0.05, 0.1) is 49.8 Å². The number of hydrogen-bond acceptors (Lipinski definition) is 10. The van der Waals surface area contributed by atoms with Gasteiger partial charge in [-0.1, -0.05) is 97.4 Å². The molecule has 0 aliphatic carbocycles. The van der Waals surface area contributed by atoms with Crippen molar-refractivity contribution in [2.24, 2.45) is 23.7 Å². The fraction of sp³-hybridized carbons (Fsp3) is 0.653. The lowest BCUT2D eigenvalue weighted by Gasteiger charge is -2.41. The molecule has 0 bridgehead atoms. The molecule has 1 aliphatic heterocycles. The number of likely N-dealkylation sites (tertiary alicyclic amines) is 1. The zero-order valence-corrected chi connectivity index (χ0v) is 40.3. The molecule has 1 saturated heterocycles. The Kier molecular flexibility index (Phi) is 21.5. The number of rotatable bonds is 25. The van der Waals surface area contributed by atoms with E-state index in [2.05, 4.69) is 33.0 Å². The highest BCUT2D eigenvalue weighted by Crippen LogP contribution is 2.30. The molecule has 1 fully saturated rings. The van der Waals surface area contributed by atoms with Gasteiger partial charge in [0.1, 0.15) is 12.1 Å². The monoisotopic (exact) mass is 879 g/mol. The van der Waals surface area contributed by atoms with E-state index in [9.17, 15) is 24.0 Å². The van der Waals surface area contributed by atoms with Crippen LogP contribution in [0.3, 0.4) is 0 Å². The zero-order valence-electron chi connectivity index (χ0n) is 40.3. The van der Waals surface area contributed by atoms with Gasteiger partial charge in [0.15, 0.2) is 0 Å². The van der Waals surface area contributed by atoms with Crippen LogP contribution in [-0.2, 0) is 51.0 Å². The number of benzene rings is 2. The van der Waals surface area contributed by atoms with Gasteiger partial charge in [-0.05, 0) is 67.3 Å². The number of nitrogens with one attached hydrogen (secondary N) is 3. The molecule has 2 aromatic rings. The highest BCUT2D eigenvalue weighted by atomic mass is 16.5. The molecule has 14 nitrogen and oxygen atoms in total. The first-order chi connectivity index (χ1) is 29.9. The van der Waals surface area contributed by atoms with Gasteiger partial charge in [-0.3, -0.25) is 24.1 Å². The molecule has 0 radical (unpaired) electrons. The predicted octanol–water partition coefficient (Wildman–Crippen LogP) is 5.19. The Balaban J connectivity index is 1.77. The van der Waals surface area contributed by atoms with Crippen LogP contribution >= 0.6 is 0 Å². The summed E-state index contributed by atoms with van der Waals surface area (Å²) in [6, 6.07) is 14.6. The summed E-state index contributed by atoms with van der Waals surface area (Å²) in [7, 11) is 9.96. The van der Waals surface area contributed by atoms with Crippen LogP contribution in [0.15, 0.2) is 54.6 Å². The fourth-order valence-electron chi connectivity index (χ4n) is 9.06. The van der Waals surface area contributed by atoms with Gasteiger partial charge in [0, 0.05) is 53.5 Å². The molecule has 0 saturated carbocycles. The second kappa shape index (κ2) is 25.7. The molecule has 63 heavy (non-hydrogen) atoms. The van der Waals surface area contributed by atoms with Gasteiger partial charge >= 0.3 is 5.97 Å². The van der Waals surface area contributed by atoms with Crippen LogP contribution in [0.1, 0.15) is 85.3 Å². The van der Waals surface area contributed by atoms with E-state index in [4.69, 9.17) is 14.2 Å². The Morgan fingerprint density at radius 1 is 0.825 bits per heavy atom. The maximum absolute atomic E-state index is 14.6. The summed E-state index contributed by atoms with van der Waals surface area (Å²) in [5.41, 5.74) is 3.08. The molecule has 0 spiro atoms. The highest BCUT2D eigenvalue weighted by Gasteiger charge is 2.43. The zero-order chi connectivity index (χ0) is 47.0. The summed E-state index contributed by atoms with van der Waals surface area (Å²) in [6.07, 6.45) is 1.77. The molecule has 3 N–H and O–H groups in total. The SMILES string of the molecule is CC[C@H](C)C([C@@H](CC(=O)N1CCC[C@H]1[C@H](OC)[C@@H](C)C(=O)N[C@@H](Cc1ccccc1)C(=O)OC)OC)N(C)C(=O)[C@@H](NC(=O)C(C(C)C)N(C)CCc1ccc(NC)cc1)C(C)C. The van der Waals surface area contributed by atoms with E-state index in [0.29, 0.717) is 25.9 Å². The second-order valence-electron chi connectivity index (χ2n) is 18.0. The molecule has 3 rings (SSSR count). The van der Waals surface area contributed by atoms with Crippen molar-refractivity contribution in [1.82, 2.24) is 25.3 Å². The smallest absolute Gasteiger partial charge is 0.328 e. The summed E-state index contributed by atoms with van der Waals surface area (Å²) in [5, 5.41) is 9.15. The van der Waals surface area contributed by atoms with E-state index in [1.807, 2.05) is 98.1 Å². The van der Waals surface area contributed by atoms with E-state index in [-0.39, 0.29) is 54.2 Å². The minimum absolute atomic E-state index is 0.00522. The predicted molar refractivity (Wildman–Crippen MR) is 248 cm³/mol. The molecule has 14 heteroatoms. The van der Waals surface area contributed by atoms with E-state index in [1.54, 1.807) is 30.9 Å². The quantitative estimate of drug-likeness (QED) is 0.114. The van der Waals surface area contributed by atoms with Crippen molar-refractivity contribution in [3.63, 3.8) is 0 Å². The normalized spacial score (nSPS) is 17.9. The number of carbonyl (C=O) groups excluding carboxylic acids is 5. The Morgan fingerprint density at radius 2 is 1.48 bits per heavy atom. The number of ether oxygens (including phenoxy) is 3. The standard InChI is InChI=1S/C49H78N6O8/c1-14-33(6)44(54(10)48(59)42(31(2)3)52-47(58)43(32(4)5)53(9)28-26-35-22-24-37(50-8)25-23-35)40(61-11)30-41(56)55-27-18-21-39(55)45(62-12)34(7)46(57)51-38(49(60)63-13)29-36-19-16-15-17-20-36/h15-17,19-20,22-25,31-34,38-40,42-45,50H,14,18,21,26-30H2,1-13H3,(H,51,57)(H,52,58)/t33-,34+,38-,39-,40+,42-,43?,44?,45+/m0/s1. The van der Waals surface area contributed by atoms with Crippen molar-refractivity contribution in [2.45, 2.75) is 129 Å². The molecule has 1 heterocycles. The summed E-state index contributed by atoms with van der Waals surface area (Å²) >= 11 is 0. The summed E-state index contributed by atoms with van der Waals surface area (Å²) in [6.45, 7) is 14.9. The first kappa shape index (κ1) is 52.8. The molecule has 2 aromatic carbocycles. The van der Waals surface area contributed by atoms with Gasteiger partial charge < -0.3 is 40.0 Å². The Labute approximate surface area is 377 Å². The van der Waals surface area contributed by atoms with Crippen molar-refractivity contribution in [3.8, 4) is 0 Å². The molecule has 0 aromatic heterocycles. The van der Waals surface area contributed by atoms with Gasteiger partial charge in [0.2, 0.25) is 23.6 Å². The van der Waals surface area contributed by atoms with Gasteiger partial charge in [-0.15, -0.1) is 0 Å². The van der Waals surface area contributed by atoms with Gasteiger partial charge in [0.25, 0.3) is 0 Å². The largest absolute Gasteiger partial charge is 0.467 e. The van der Waals surface area contributed by atoms with E-state index in [0.717, 1.165) is 24.1 Å². The van der Waals surface area contributed by atoms with Gasteiger partial charge in [-0.25, -0.2) is 4.79 Å². The van der Waals surface area contributed by atoms with Crippen LogP contribution in [-0.4, -0.2) is 142 Å². The van der Waals surface area contributed by atoms with Crippen LogP contribution in [0.4, 0.5) is 5.69 Å². The third kappa shape index (κ3) is 14.5. The lowest BCUT2D eigenvalue weighted by Crippen LogP contribution is -2.60. The van der Waals surface area contributed by atoms with Crippen LogP contribution in [0.5, 0.6) is 0 Å². The lowest BCUT2D eigenvalue weighted by atomic mass is 9.89. The molecule has 2 unspecified atom stereocenters. The van der Waals surface area contributed by atoms with E-state index in [1.165, 1.54) is 19.8 Å². The first-order valence-corrected chi connectivity index (χ1v) is 22.7. The average Bonchev–Trinajstić information content (AvgIpc) is 3.76. The third-order valence-electron chi connectivity index (χ3n) is 12.9. The molecular formula is C49H78N6O8. The minimum atomic E-state index is -0.898. The van der Waals surface area contributed by atoms with Crippen molar-refractivity contribution in [1.29, 1.82) is 0 Å². The number of carbonyl (C=O) groups is 5. The number of nitrogens with zero attached hydrogens (tertiary/aromatic N) is 3. The number of hydrogen-bond donors (Lipinski definition) is 3.